The van der Waals surface area contributed by atoms with Gasteiger partial charge in [0.15, 0.2) is 0 Å². The highest BCUT2D eigenvalue weighted by Crippen LogP contribution is 2.49. The quantitative estimate of drug-likeness (QED) is 0.445. The summed E-state index contributed by atoms with van der Waals surface area (Å²) in [6, 6.07) is 0. The summed E-state index contributed by atoms with van der Waals surface area (Å²) in [7, 11) is 0. The van der Waals surface area contributed by atoms with E-state index in [4.69, 9.17) is 5.11 Å². The first kappa shape index (κ1) is 12.7. The van der Waals surface area contributed by atoms with Crippen LogP contribution in [0.2, 0.25) is 0 Å². The molecule has 1 rings (SSSR count). The zero-order valence-electron chi connectivity index (χ0n) is 6.97. The first-order valence-electron chi connectivity index (χ1n) is 4.21. The van der Waals surface area contributed by atoms with Crippen LogP contribution in [-0.4, -0.2) is 10.5 Å². The third-order valence-electron chi connectivity index (χ3n) is 2.54. The Morgan fingerprint density at radius 1 is 1.15 bits per heavy atom. The van der Waals surface area contributed by atoms with Crippen molar-refractivity contribution in [2.45, 2.75) is 25.1 Å². The second-order valence-corrected chi connectivity index (χ2v) is 14.7. The molecule has 2 nitrogen and oxygen atoms in total. The van der Waals surface area contributed by atoms with E-state index in [9.17, 15) is 4.79 Å². The van der Waals surface area contributed by atoms with Crippen LogP contribution in [0.15, 0.2) is 0 Å². The molecule has 0 aromatic heterocycles. The molecule has 1 aliphatic rings. The maximum atomic E-state index is 10.7. The minimum absolute atomic E-state index is 0.0807. The van der Waals surface area contributed by atoms with Gasteiger partial charge in [-0.2, -0.15) is 0 Å². The monoisotopic (exact) mass is 520 g/mol. The van der Waals surface area contributed by atoms with E-state index in [0.29, 0.717) is 5.92 Å². The SMILES string of the molecule is O=C(O)C1CCC(C(I)(I)I)CC1. The summed E-state index contributed by atoms with van der Waals surface area (Å²) in [6.07, 6.45) is 3.84. The first-order valence-corrected chi connectivity index (χ1v) is 7.44. The Kier molecular flexibility index (Phi) is 5.02. The van der Waals surface area contributed by atoms with Crippen molar-refractivity contribution < 1.29 is 9.90 Å². The second kappa shape index (κ2) is 5.13. The highest BCUT2D eigenvalue weighted by Gasteiger charge is 2.35. The van der Waals surface area contributed by atoms with Crippen LogP contribution >= 0.6 is 67.8 Å². The molecule has 0 saturated heterocycles. The molecule has 1 saturated carbocycles. The minimum Gasteiger partial charge on any atom is -0.481 e. The predicted octanol–water partition coefficient (Wildman–Crippen LogP) is 3.84. The lowest BCUT2D eigenvalue weighted by molar-refractivity contribution is -0.143. The van der Waals surface area contributed by atoms with Gasteiger partial charge in [0.1, 0.15) is -0.565 Å². The fourth-order valence-corrected chi connectivity index (χ4v) is 3.54. The molecule has 76 valence electrons. The molecular formula is C8H11I3O2. The molecule has 5 heteroatoms. The van der Waals surface area contributed by atoms with Crippen molar-refractivity contribution >= 4 is 73.7 Å². The van der Waals surface area contributed by atoms with Gasteiger partial charge in [0, 0.05) is 0 Å². The van der Waals surface area contributed by atoms with Gasteiger partial charge in [-0.3, -0.25) is 4.79 Å². The highest BCUT2D eigenvalue weighted by atomic mass is 127. The Hall–Kier alpha value is 1.66. The fourth-order valence-electron chi connectivity index (χ4n) is 1.67. The molecule has 0 spiro atoms. The van der Waals surface area contributed by atoms with Gasteiger partial charge in [-0.05, 0) is 31.6 Å². The van der Waals surface area contributed by atoms with Crippen LogP contribution in [-0.2, 0) is 4.79 Å². The zero-order valence-corrected chi connectivity index (χ0v) is 13.4. The summed E-state index contributed by atoms with van der Waals surface area (Å²) in [5, 5.41) is 8.82. The molecule has 0 unspecified atom stereocenters. The summed E-state index contributed by atoms with van der Waals surface area (Å²) in [5.74, 6) is -0.0212. The van der Waals surface area contributed by atoms with Gasteiger partial charge in [0.2, 0.25) is 0 Å². The Labute approximate surface area is 119 Å². The van der Waals surface area contributed by atoms with E-state index in [2.05, 4.69) is 67.8 Å². The summed E-state index contributed by atoms with van der Waals surface area (Å²) < 4.78 is 0.261. The summed E-state index contributed by atoms with van der Waals surface area (Å²) in [6.45, 7) is 0. The summed E-state index contributed by atoms with van der Waals surface area (Å²) in [4.78, 5) is 10.7. The average molecular weight is 520 g/mol. The van der Waals surface area contributed by atoms with Crippen LogP contribution in [0, 0.1) is 11.8 Å². The van der Waals surface area contributed by atoms with Gasteiger partial charge in [-0.1, -0.05) is 67.8 Å². The molecule has 0 aromatic rings. The Bertz CT molecular complexity index is 192. The van der Waals surface area contributed by atoms with Gasteiger partial charge >= 0.3 is 5.97 Å². The van der Waals surface area contributed by atoms with Crippen molar-refractivity contribution in [3.05, 3.63) is 0 Å². The molecule has 0 bridgehead atoms. The van der Waals surface area contributed by atoms with E-state index in [1.807, 2.05) is 0 Å². The van der Waals surface area contributed by atoms with Crippen LogP contribution in [0.1, 0.15) is 25.7 Å². The van der Waals surface area contributed by atoms with Crippen molar-refractivity contribution in [2.75, 3.05) is 0 Å². The van der Waals surface area contributed by atoms with Crippen molar-refractivity contribution in [3.63, 3.8) is 0 Å². The van der Waals surface area contributed by atoms with Crippen molar-refractivity contribution in [3.8, 4) is 0 Å². The number of carboxylic acid groups (broad SMARTS) is 1. The van der Waals surface area contributed by atoms with Crippen molar-refractivity contribution in [1.29, 1.82) is 0 Å². The van der Waals surface area contributed by atoms with E-state index in [1.54, 1.807) is 0 Å². The maximum absolute atomic E-state index is 10.7. The molecule has 1 fully saturated rings. The topological polar surface area (TPSA) is 37.3 Å². The molecule has 0 aromatic carbocycles. The van der Waals surface area contributed by atoms with Crippen molar-refractivity contribution in [1.82, 2.24) is 0 Å². The molecule has 0 heterocycles. The second-order valence-electron chi connectivity index (χ2n) is 3.43. The maximum Gasteiger partial charge on any atom is 0.306 e. The van der Waals surface area contributed by atoms with Crippen LogP contribution in [0.5, 0.6) is 0 Å². The number of hydrogen-bond donors (Lipinski definition) is 1. The van der Waals surface area contributed by atoms with E-state index in [0.717, 1.165) is 25.7 Å². The fraction of sp³-hybridized carbons (Fsp3) is 0.875. The lowest BCUT2D eigenvalue weighted by Gasteiger charge is -2.31. The molecule has 1 aliphatic carbocycles. The number of aliphatic carboxylic acids is 1. The van der Waals surface area contributed by atoms with E-state index >= 15 is 0 Å². The van der Waals surface area contributed by atoms with E-state index in [1.165, 1.54) is 0 Å². The average Bonchev–Trinajstić information content (AvgIpc) is 2.03. The van der Waals surface area contributed by atoms with Gasteiger partial charge < -0.3 is 5.11 Å². The number of halogens is 3. The van der Waals surface area contributed by atoms with E-state index < -0.39 is 5.97 Å². The third kappa shape index (κ3) is 3.96. The summed E-state index contributed by atoms with van der Waals surface area (Å²) in [5.41, 5.74) is 0. The number of carbonyl (C=O) groups is 1. The number of hydrogen-bond acceptors (Lipinski definition) is 1. The number of alkyl halides is 3. The lowest BCUT2D eigenvalue weighted by atomic mass is 9.83. The molecule has 0 atom stereocenters. The highest BCUT2D eigenvalue weighted by molar-refractivity contribution is 14.3. The van der Waals surface area contributed by atoms with Crippen LogP contribution in [0.4, 0.5) is 0 Å². The Morgan fingerprint density at radius 2 is 1.62 bits per heavy atom. The summed E-state index contributed by atoms with van der Waals surface area (Å²) >= 11 is 7.34. The Morgan fingerprint density at radius 3 is 1.92 bits per heavy atom. The largest absolute Gasteiger partial charge is 0.481 e. The molecular weight excluding hydrogens is 509 g/mol. The standard InChI is InChI=1S/C8H11I3O2/c9-8(10,11)6-3-1-5(2-4-6)7(12)13/h5-6H,1-4H2,(H,12,13). The van der Waals surface area contributed by atoms with Gasteiger partial charge in [-0.15, -0.1) is 0 Å². The van der Waals surface area contributed by atoms with Crippen LogP contribution < -0.4 is 0 Å². The molecule has 0 aliphatic heterocycles. The van der Waals surface area contributed by atoms with Crippen molar-refractivity contribution in [2.24, 2.45) is 11.8 Å². The molecule has 0 amide bonds. The lowest BCUT2D eigenvalue weighted by Crippen LogP contribution is -2.27. The Balaban J connectivity index is 2.44. The third-order valence-corrected chi connectivity index (χ3v) is 5.18. The number of rotatable bonds is 2. The van der Waals surface area contributed by atoms with Gasteiger partial charge in [0.05, 0.1) is 5.92 Å². The van der Waals surface area contributed by atoms with Crippen LogP contribution in [0.25, 0.3) is 0 Å². The normalized spacial score (nSPS) is 30.1. The van der Waals surface area contributed by atoms with Crippen LogP contribution in [0.3, 0.4) is 0 Å². The van der Waals surface area contributed by atoms with Gasteiger partial charge in [-0.25, -0.2) is 0 Å². The molecule has 1 N–H and O–H groups in total. The molecule has 13 heavy (non-hydrogen) atoms. The smallest absolute Gasteiger partial charge is 0.306 e. The predicted molar refractivity (Wildman–Crippen MR) is 77.9 cm³/mol. The zero-order chi connectivity index (χ0) is 10.1. The first-order chi connectivity index (χ1) is 5.91. The molecule has 0 radical (unpaired) electrons. The van der Waals surface area contributed by atoms with E-state index in [-0.39, 0.29) is 5.35 Å². The number of carboxylic acids is 1. The minimum atomic E-state index is -0.612. The van der Waals surface area contributed by atoms with Gasteiger partial charge in [0.25, 0.3) is 0 Å².